The van der Waals surface area contributed by atoms with Crippen LogP contribution in [0.4, 0.5) is 4.39 Å². The molecule has 140 valence electrons. The van der Waals surface area contributed by atoms with Gasteiger partial charge < -0.3 is 4.74 Å². The van der Waals surface area contributed by atoms with Gasteiger partial charge in [0.15, 0.2) is 5.82 Å². The fourth-order valence-corrected chi connectivity index (χ4v) is 4.02. The van der Waals surface area contributed by atoms with Gasteiger partial charge >= 0.3 is 0 Å². The Labute approximate surface area is 170 Å². The molecule has 4 nitrogen and oxygen atoms in total. The number of ether oxygens (including phenoxy) is 1. The number of benzene rings is 2. The Kier molecular flexibility index (Phi) is 4.46. The van der Waals surface area contributed by atoms with Crippen molar-refractivity contribution in [1.29, 1.82) is 0 Å². The molecule has 0 saturated heterocycles. The summed E-state index contributed by atoms with van der Waals surface area (Å²) in [6.45, 7) is 0. The lowest BCUT2D eigenvalue weighted by atomic mass is 10.1. The van der Waals surface area contributed by atoms with Crippen molar-refractivity contribution in [3.05, 3.63) is 90.3 Å². The summed E-state index contributed by atoms with van der Waals surface area (Å²) in [5.74, 6) is 0.916. The highest BCUT2D eigenvalue weighted by Gasteiger charge is 2.18. The maximum atomic E-state index is 13.7. The van der Waals surface area contributed by atoms with Gasteiger partial charge in [-0.25, -0.2) is 9.37 Å². The number of halogens is 1. The molecule has 5 rings (SSSR count). The molecule has 0 amide bonds. The number of aromatic nitrogens is 3. The minimum atomic E-state index is -0.367. The van der Waals surface area contributed by atoms with Crippen LogP contribution in [-0.4, -0.2) is 15.0 Å². The minimum absolute atomic E-state index is 0.367. The zero-order valence-corrected chi connectivity index (χ0v) is 15.9. The highest BCUT2D eigenvalue weighted by Crippen LogP contribution is 2.40. The van der Waals surface area contributed by atoms with Gasteiger partial charge in [-0.2, -0.15) is 4.98 Å². The summed E-state index contributed by atoms with van der Waals surface area (Å²) in [6.07, 6.45) is 3.41. The van der Waals surface area contributed by atoms with Crippen LogP contribution in [0.15, 0.2) is 84.5 Å². The number of rotatable bonds is 4. The molecule has 0 atom stereocenters. The highest BCUT2D eigenvalue weighted by molar-refractivity contribution is 7.17. The van der Waals surface area contributed by atoms with Crippen molar-refractivity contribution < 1.29 is 9.13 Å². The van der Waals surface area contributed by atoms with E-state index in [2.05, 4.69) is 9.97 Å². The zero-order valence-electron chi connectivity index (χ0n) is 15.1. The zero-order chi connectivity index (χ0) is 19.6. The second-order valence-corrected chi connectivity index (χ2v) is 7.21. The molecule has 0 bridgehead atoms. The quantitative estimate of drug-likeness (QED) is 0.353. The first kappa shape index (κ1) is 17.5. The van der Waals surface area contributed by atoms with E-state index in [1.54, 1.807) is 24.5 Å². The fraction of sp³-hybridized carbons (Fsp3) is 0. The largest absolute Gasteiger partial charge is 0.438 e. The van der Waals surface area contributed by atoms with Crippen LogP contribution in [0.25, 0.3) is 32.7 Å². The van der Waals surface area contributed by atoms with E-state index >= 15 is 0 Å². The Morgan fingerprint density at radius 3 is 2.52 bits per heavy atom. The van der Waals surface area contributed by atoms with Gasteiger partial charge in [-0.3, -0.25) is 4.98 Å². The Morgan fingerprint density at radius 1 is 0.862 bits per heavy atom. The molecule has 0 aliphatic rings. The van der Waals surface area contributed by atoms with Gasteiger partial charge in [0.05, 0.1) is 5.39 Å². The Morgan fingerprint density at radius 2 is 1.72 bits per heavy atom. The van der Waals surface area contributed by atoms with E-state index in [1.807, 2.05) is 47.8 Å². The summed E-state index contributed by atoms with van der Waals surface area (Å²) >= 11 is 1.52. The Bertz CT molecular complexity index is 1290. The normalized spacial score (nSPS) is 10.9. The van der Waals surface area contributed by atoms with Crippen LogP contribution < -0.4 is 4.74 Å². The van der Waals surface area contributed by atoms with Crippen LogP contribution >= 0.6 is 11.3 Å². The Balaban J connectivity index is 1.72. The van der Waals surface area contributed by atoms with Crippen molar-refractivity contribution in [3.63, 3.8) is 0 Å². The number of hydrogen-bond donors (Lipinski definition) is 0. The monoisotopic (exact) mass is 399 g/mol. The predicted octanol–water partition coefficient (Wildman–Crippen LogP) is 6.35. The second kappa shape index (κ2) is 7.41. The third kappa shape index (κ3) is 3.46. The molecule has 0 fully saturated rings. The lowest BCUT2D eigenvalue weighted by Crippen LogP contribution is -1.96. The molecular weight excluding hydrogens is 385 g/mol. The van der Waals surface area contributed by atoms with Crippen molar-refractivity contribution in [2.75, 3.05) is 0 Å². The average Bonchev–Trinajstić information content (AvgIpc) is 3.19. The van der Waals surface area contributed by atoms with Crippen LogP contribution in [0.3, 0.4) is 0 Å². The molecule has 5 aromatic rings. The van der Waals surface area contributed by atoms with Gasteiger partial charge in [-0.1, -0.05) is 36.4 Å². The molecule has 3 aromatic heterocycles. The molecule has 0 N–H and O–H groups in total. The third-order valence-electron chi connectivity index (χ3n) is 4.42. The standard InChI is InChI=1S/C23H14FN3OS/c24-17-9-4-10-18(12-17)28-22-20-19(15-6-2-1-3-7-15)14-29-23(20)27-21(26-22)16-8-5-11-25-13-16/h1-14H. The molecule has 0 radical (unpaired) electrons. The average molecular weight is 399 g/mol. The summed E-state index contributed by atoms with van der Waals surface area (Å²) in [4.78, 5) is 14.3. The molecule has 2 aromatic carbocycles. The first-order chi connectivity index (χ1) is 14.3. The van der Waals surface area contributed by atoms with Gasteiger partial charge in [-0.15, -0.1) is 11.3 Å². The van der Waals surface area contributed by atoms with Crippen molar-refractivity contribution in [1.82, 2.24) is 15.0 Å². The molecule has 0 aliphatic heterocycles. The van der Waals surface area contributed by atoms with E-state index < -0.39 is 0 Å². The number of thiophene rings is 1. The van der Waals surface area contributed by atoms with E-state index in [1.165, 1.54) is 23.5 Å². The van der Waals surface area contributed by atoms with Crippen molar-refractivity contribution in [3.8, 4) is 34.1 Å². The lowest BCUT2D eigenvalue weighted by molar-refractivity contribution is 0.464. The molecular formula is C23H14FN3OS. The van der Waals surface area contributed by atoms with E-state index in [0.717, 1.165) is 26.9 Å². The van der Waals surface area contributed by atoms with Crippen LogP contribution in [0.2, 0.25) is 0 Å². The predicted molar refractivity (Wildman–Crippen MR) is 113 cm³/mol. The van der Waals surface area contributed by atoms with E-state index in [-0.39, 0.29) is 5.82 Å². The molecule has 29 heavy (non-hydrogen) atoms. The topological polar surface area (TPSA) is 47.9 Å². The van der Waals surface area contributed by atoms with Gasteiger partial charge in [0.1, 0.15) is 16.4 Å². The molecule has 0 aliphatic carbocycles. The van der Waals surface area contributed by atoms with Crippen LogP contribution in [0, 0.1) is 5.82 Å². The van der Waals surface area contributed by atoms with E-state index in [0.29, 0.717) is 17.5 Å². The maximum Gasteiger partial charge on any atom is 0.232 e. The van der Waals surface area contributed by atoms with Crippen LogP contribution in [-0.2, 0) is 0 Å². The van der Waals surface area contributed by atoms with Crippen molar-refractivity contribution >= 4 is 21.6 Å². The van der Waals surface area contributed by atoms with Gasteiger partial charge in [0, 0.05) is 35.0 Å². The molecule has 0 spiro atoms. The minimum Gasteiger partial charge on any atom is -0.438 e. The first-order valence-electron chi connectivity index (χ1n) is 8.96. The first-order valence-corrected chi connectivity index (χ1v) is 9.84. The summed E-state index contributed by atoms with van der Waals surface area (Å²) in [5.41, 5.74) is 2.81. The second-order valence-electron chi connectivity index (χ2n) is 6.35. The highest BCUT2D eigenvalue weighted by atomic mass is 32.1. The summed E-state index contributed by atoms with van der Waals surface area (Å²) in [5, 5.41) is 2.85. The molecule has 3 heterocycles. The van der Waals surface area contributed by atoms with Crippen molar-refractivity contribution in [2.45, 2.75) is 0 Å². The van der Waals surface area contributed by atoms with Crippen LogP contribution in [0.5, 0.6) is 11.6 Å². The van der Waals surface area contributed by atoms with Crippen LogP contribution in [0.1, 0.15) is 0 Å². The smallest absolute Gasteiger partial charge is 0.232 e. The number of pyridine rings is 1. The summed E-state index contributed by atoms with van der Waals surface area (Å²) in [7, 11) is 0. The summed E-state index contributed by atoms with van der Waals surface area (Å²) < 4.78 is 19.7. The maximum absolute atomic E-state index is 13.7. The SMILES string of the molecule is Fc1cccc(Oc2nc(-c3cccnc3)nc3scc(-c4ccccc4)c23)c1. The van der Waals surface area contributed by atoms with Crippen molar-refractivity contribution in [2.24, 2.45) is 0 Å². The number of fused-ring (bicyclic) bond motifs is 1. The van der Waals surface area contributed by atoms with Gasteiger partial charge in [-0.05, 0) is 29.8 Å². The molecule has 6 heteroatoms. The lowest BCUT2D eigenvalue weighted by Gasteiger charge is -2.10. The van der Waals surface area contributed by atoms with E-state index in [9.17, 15) is 4.39 Å². The van der Waals surface area contributed by atoms with Gasteiger partial charge in [0.2, 0.25) is 5.88 Å². The third-order valence-corrected chi connectivity index (χ3v) is 5.29. The molecule has 0 unspecified atom stereocenters. The van der Waals surface area contributed by atoms with E-state index in [4.69, 9.17) is 9.72 Å². The molecule has 0 saturated carbocycles. The summed E-state index contributed by atoms with van der Waals surface area (Å²) in [6, 6.07) is 19.8. The fourth-order valence-electron chi connectivity index (χ4n) is 3.08. The Hall–Kier alpha value is -3.64. The van der Waals surface area contributed by atoms with Gasteiger partial charge in [0.25, 0.3) is 0 Å². The number of hydrogen-bond acceptors (Lipinski definition) is 5. The number of nitrogens with zero attached hydrogens (tertiary/aromatic N) is 3.